The fourth-order valence-corrected chi connectivity index (χ4v) is 1.80. The van der Waals surface area contributed by atoms with Crippen LogP contribution in [0.2, 0.25) is 0 Å². The minimum absolute atomic E-state index is 0.245. The molecule has 0 fully saturated rings. The molecule has 1 aromatic heterocycles. The predicted molar refractivity (Wildman–Crippen MR) is 80.6 cm³/mol. The van der Waals surface area contributed by atoms with Gasteiger partial charge in [-0.1, -0.05) is 30.4 Å². The first kappa shape index (κ1) is 14.0. The Balaban J connectivity index is 2.03. The zero-order valence-corrected chi connectivity index (χ0v) is 11.4. The number of nitrogens with one attached hydrogen (secondary N) is 2. The molecule has 0 unspecified atom stereocenters. The summed E-state index contributed by atoms with van der Waals surface area (Å²) in [6.07, 6.45) is 1.38. The van der Waals surface area contributed by atoms with Crippen molar-refractivity contribution in [3.63, 3.8) is 0 Å². The highest BCUT2D eigenvalue weighted by Crippen LogP contribution is 2.05. The highest BCUT2D eigenvalue weighted by Gasteiger charge is 2.05. The summed E-state index contributed by atoms with van der Waals surface area (Å²) < 4.78 is 0. The standard InChI is InChI=1S/C14H13N3O2S/c15-13(20)10-3-1-2-9(6-10)7-17-14(19)11-4-5-12(18)16-8-11/h1-6,8H,7H2,(H2,15,20)(H,16,18)(H,17,19). The van der Waals surface area contributed by atoms with Crippen LogP contribution in [0.4, 0.5) is 0 Å². The third kappa shape index (κ3) is 3.52. The molecule has 1 amide bonds. The normalized spacial score (nSPS) is 10.0. The van der Waals surface area contributed by atoms with Crippen molar-refractivity contribution in [1.29, 1.82) is 0 Å². The van der Waals surface area contributed by atoms with E-state index >= 15 is 0 Å². The van der Waals surface area contributed by atoms with Crippen molar-refractivity contribution in [3.05, 3.63) is 69.6 Å². The minimum Gasteiger partial charge on any atom is -0.389 e. The molecular weight excluding hydrogens is 274 g/mol. The number of carbonyl (C=O) groups excluding carboxylic acids is 1. The number of pyridine rings is 1. The summed E-state index contributed by atoms with van der Waals surface area (Å²) in [4.78, 5) is 25.5. The number of benzene rings is 1. The van der Waals surface area contributed by atoms with Gasteiger partial charge in [0.2, 0.25) is 5.56 Å². The Kier molecular flexibility index (Phi) is 4.27. The largest absolute Gasteiger partial charge is 0.389 e. The van der Waals surface area contributed by atoms with Gasteiger partial charge in [-0.15, -0.1) is 0 Å². The summed E-state index contributed by atoms with van der Waals surface area (Å²) in [7, 11) is 0. The van der Waals surface area contributed by atoms with Crippen molar-refractivity contribution >= 4 is 23.1 Å². The van der Waals surface area contributed by atoms with E-state index in [0.29, 0.717) is 17.1 Å². The van der Waals surface area contributed by atoms with Crippen LogP contribution >= 0.6 is 12.2 Å². The fourth-order valence-electron chi connectivity index (χ4n) is 1.67. The van der Waals surface area contributed by atoms with E-state index in [1.54, 1.807) is 0 Å². The van der Waals surface area contributed by atoms with Crippen LogP contribution in [0.25, 0.3) is 0 Å². The Bertz CT molecular complexity index is 689. The highest BCUT2D eigenvalue weighted by molar-refractivity contribution is 7.80. The monoisotopic (exact) mass is 287 g/mol. The number of aromatic nitrogens is 1. The van der Waals surface area contributed by atoms with Crippen molar-refractivity contribution in [2.45, 2.75) is 6.54 Å². The predicted octanol–water partition coefficient (Wildman–Crippen LogP) is 0.939. The van der Waals surface area contributed by atoms with Gasteiger partial charge < -0.3 is 16.0 Å². The van der Waals surface area contributed by atoms with Gasteiger partial charge in [0.1, 0.15) is 4.99 Å². The lowest BCUT2D eigenvalue weighted by molar-refractivity contribution is 0.0950. The Labute approximate surface area is 120 Å². The van der Waals surface area contributed by atoms with E-state index in [4.69, 9.17) is 18.0 Å². The first-order chi connectivity index (χ1) is 9.56. The maximum atomic E-state index is 11.9. The highest BCUT2D eigenvalue weighted by atomic mass is 32.1. The topological polar surface area (TPSA) is 88.0 Å². The maximum Gasteiger partial charge on any atom is 0.253 e. The molecule has 0 atom stereocenters. The Hall–Kier alpha value is -2.47. The van der Waals surface area contributed by atoms with E-state index in [2.05, 4.69) is 10.3 Å². The van der Waals surface area contributed by atoms with Gasteiger partial charge in [-0.25, -0.2) is 0 Å². The molecule has 2 aromatic rings. The summed E-state index contributed by atoms with van der Waals surface area (Å²) in [6.45, 7) is 0.356. The van der Waals surface area contributed by atoms with Gasteiger partial charge in [-0.2, -0.15) is 0 Å². The van der Waals surface area contributed by atoms with Crippen LogP contribution < -0.4 is 16.6 Å². The molecule has 5 nitrogen and oxygen atoms in total. The number of hydrogen-bond acceptors (Lipinski definition) is 3. The fraction of sp³-hybridized carbons (Fsp3) is 0.0714. The molecule has 2 rings (SSSR count). The average Bonchev–Trinajstić information content (AvgIpc) is 2.46. The average molecular weight is 287 g/mol. The molecule has 0 saturated carbocycles. The first-order valence-electron chi connectivity index (χ1n) is 5.92. The molecule has 0 aliphatic rings. The van der Waals surface area contributed by atoms with Crippen molar-refractivity contribution in [1.82, 2.24) is 10.3 Å². The van der Waals surface area contributed by atoms with E-state index in [1.807, 2.05) is 24.3 Å². The lowest BCUT2D eigenvalue weighted by Gasteiger charge is -2.06. The third-order valence-electron chi connectivity index (χ3n) is 2.71. The molecule has 4 N–H and O–H groups in total. The molecule has 0 aliphatic heterocycles. The number of rotatable bonds is 4. The first-order valence-corrected chi connectivity index (χ1v) is 6.33. The van der Waals surface area contributed by atoms with Gasteiger partial charge in [0.15, 0.2) is 0 Å². The molecule has 1 aromatic carbocycles. The van der Waals surface area contributed by atoms with Gasteiger partial charge in [-0.3, -0.25) is 9.59 Å². The van der Waals surface area contributed by atoms with Crippen LogP contribution in [-0.2, 0) is 6.54 Å². The molecule has 0 bridgehead atoms. The summed E-state index contributed by atoms with van der Waals surface area (Å²) in [5.41, 5.74) is 7.36. The SMILES string of the molecule is NC(=S)c1cccc(CNC(=O)c2ccc(=O)[nH]c2)c1. The molecule has 102 valence electrons. The number of thiocarbonyl (C=S) groups is 1. The molecule has 1 heterocycles. The van der Waals surface area contributed by atoms with Crippen LogP contribution in [0.15, 0.2) is 47.4 Å². The van der Waals surface area contributed by atoms with Crippen molar-refractivity contribution in [2.24, 2.45) is 5.73 Å². The Morgan fingerprint density at radius 3 is 2.70 bits per heavy atom. The van der Waals surface area contributed by atoms with Crippen molar-refractivity contribution in [3.8, 4) is 0 Å². The quantitative estimate of drug-likeness (QED) is 0.730. The third-order valence-corrected chi connectivity index (χ3v) is 2.95. The van der Waals surface area contributed by atoms with Gasteiger partial charge in [0.25, 0.3) is 5.91 Å². The van der Waals surface area contributed by atoms with Gasteiger partial charge in [0.05, 0.1) is 5.56 Å². The van der Waals surface area contributed by atoms with Crippen LogP contribution in [0, 0.1) is 0 Å². The number of aromatic amines is 1. The van der Waals surface area contributed by atoms with Crippen LogP contribution in [0.1, 0.15) is 21.5 Å². The maximum absolute atomic E-state index is 11.9. The van der Waals surface area contributed by atoms with E-state index < -0.39 is 0 Å². The molecule has 0 aliphatic carbocycles. The summed E-state index contributed by atoms with van der Waals surface area (Å²) in [6, 6.07) is 10.1. The van der Waals surface area contributed by atoms with Crippen molar-refractivity contribution in [2.75, 3.05) is 0 Å². The summed E-state index contributed by atoms with van der Waals surface area (Å²) in [5, 5.41) is 2.76. The van der Waals surface area contributed by atoms with E-state index in [-0.39, 0.29) is 11.5 Å². The van der Waals surface area contributed by atoms with Crippen LogP contribution in [0.5, 0.6) is 0 Å². The molecule has 0 spiro atoms. The molecule has 6 heteroatoms. The second kappa shape index (κ2) is 6.12. The zero-order chi connectivity index (χ0) is 14.5. The number of carbonyl (C=O) groups is 1. The zero-order valence-electron chi connectivity index (χ0n) is 10.6. The molecule has 0 saturated heterocycles. The smallest absolute Gasteiger partial charge is 0.253 e. The summed E-state index contributed by atoms with van der Waals surface area (Å²) >= 11 is 4.90. The number of H-pyrrole nitrogens is 1. The van der Waals surface area contributed by atoms with E-state index in [9.17, 15) is 9.59 Å². The minimum atomic E-state index is -0.262. The molecule has 20 heavy (non-hydrogen) atoms. The lowest BCUT2D eigenvalue weighted by atomic mass is 10.1. The van der Waals surface area contributed by atoms with Gasteiger partial charge >= 0.3 is 0 Å². The van der Waals surface area contributed by atoms with Crippen LogP contribution in [0.3, 0.4) is 0 Å². The molecular formula is C14H13N3O2S. The number of hydrogen-bond donors (Lipinski definition) is 3. The van der Waals surface area contributed by atoms with Gasteiger partial charge in [-0.05, 0) is 17.7 Å². The lowest BCUT2D eigenvalue weighted by Crippen LogP contribution is -2.24. The Morgan fingerprint density at radius 2 is 2.05 bits per heavy atom. The second-order valence-electron chi connectivity index (χ2n) is 4.19. The van der Waals surface area contributed by atoms with Crippen LogP contribution in [-0.4, -0.2) is 15.9 Å². The van der Waals surface area contributed by atoms with E-state index in [1.165, 1.54) is 18.3 Å². The summed E-state index contributed by atoms with van der Waals surface area (Å²) in [5.74, 6) is -0.262. The number of amides is 1. The number of nitrogens with two attached hydrogens (primary N) is 1. The molecule has 0 radical (unpaired) electrons. The van der Waals surface area contributed by atoms with Gasteiger partial charge in [0, 0.05) is 24.4 Å². The van der Waals surface area contributed by atoms with E-state index in [0.717, 1.165) is 11.1 Å². The second-order valence-corrected chi connectivity index (χ2v) is 4.63. The van der Waals surface area contributed by atoms with Crippen molar-refractivity contribution < 1.29 is 4.79 Å². The Morgan fingerprint density at radius 1 is 1.25 bits per heavy atom.